The van der Waals surface area contributed by atoms with Crippen LogP contribution in [0.3, 0.4) is 0 Å². The summed E-state index contributed by atoms with van der Waals surface area (Å²) in [7, 11) is 3.05. The van der Waals surface area contributed by atoms with Gasteiger partial charge in [-0.2, -0.15) is 0 Å². The molecule has 31 heavy (non-hydrogen) atoms. The number of rotatable bonds is 4. The van der Waals surface area contributed by atoms with Crippen molar-refractivity contribution in [3.63, 3.8) is 0 Å². The van der Waals surface area contributed by atoms with E-state index in [9.17, 15) is 14.4 Å². The van der Waals surface area contributed by atoms with Crippen molar-refractivity contribution in [2.24, 2.45) is 14.1 Å². The Kier molecular flexibility index (Phi) is 5.61. The summed E-state index contributed by atoms with van der Waals surface area (Å²) in [6, 6.07) is 20.7. The molecular weight excluding hydrogens is 458 g/mol. The summed E-state index contributed by atoms with van der Waals surface area (Å²) in [4.78, 5) is 37.7. The van der Waals surface area contributed by atoms with Gasteiger partial charge in [0.1, 0.15) is 0 Å². The number of aryl methyl sites for hydroxylation is 1. The average Bonchev–Trinajstić information content (AvgIpc) is 2.76. The van der Waals surface area contributed by atoms with Crippen LogP contribution in [0.4, 0.5) is 5.69 Å². The molecule has 4 aromatic rings. The molecule has 0 aliphatic rings. The minimum Gasteiger partial charge on any atom is -0.326 e. The van der Waals surface area contributed by atoms with Gasteiger partial charge >= 0.3 is 5.69 Å². The Balaban J connectivity index is 1.62. The molecule has 4 rings (SSSR count). The quantitative estimate of drug-likeness (QED) is 0.485. The number of fused-ring (bicyclic) bond motifs is 1. The standard InChI is InChI=1S/C24H20BrN3O3/c1-27-20-8-4-6-17(22(20)23(30)28(2)24(27)31)14-21(29)26-19-7-3-5-16(13-19)15-9-11-18(25)12-10-15/h3-13H,14H2,1-2H3,(H,26,29). The van der Waals surface area contributed by atoms with Gasteiger partial charge in [-0.1, -0.05) is 52.3 Å². The van der Waals surface area contributed by atoms with E-state index in [1.807, 2.05) is 48.5 Å². The van der Waals surface area contributed by atoms with Gasteiger partial charge in [0.2, 0.25) is 5.91 Å². The fourth-order valence-electron chi connectivity index (χ4n) is 3.64. The SMILES string of the molecule is Cn1c(=O)c2c(CC(=O)Nc3cccc(-c4ccc(Br)cc4)c3)cccc2n(C)c1=O. The largest absolute Gasteiger partial charge is 0.330 e. The first kappa shape index (κ1) is 20.8. The molecule has 1 aromatic heterocycles. The molecule has 1 heterocycles. The molecule has 3 aromatic carbocycles. The zero-order valence-corrected chi connectivity index (χ0v) is 18.6. The third-order valence-electron chi connectivity index (χ3n) is 5.26. The van der Waals surface area contributed by atoms with Crippen molar-refractivity contribution in [1.82, 2.24) is 9.13 Å². The number of anilines is 1. The number of benzene rings is 3. The van der Waals surface area contributed by atoms with Gasteiger partial charge < -0.3 is 5.32 Å². The number of hydrogen-bond acceptors (Lipinski definition) is 3. The molecule has 0 aliphatic heterocycles. The number of amides is 1. The van der Waals surface area contributed by atoms with Gasteiger partial charge in [-0.15, -0.1) is 0 Å². The second-order valence-electron chi connectivity index (χ2n) is 7.33. The predicted octanol–water partition coefficient (Wildman–Crippen LogP) is 3.85. The van der Waals surface area contributed by atoms with Crippen LogP contribution in [0.15, 0.2) is 80.8 Å². The van der Waals surface area contributed by atoms with Crippen LogP contribution in [0.25, 0.3) is 22.0 Å². The van der Waals surface area contributed by atoms with Crippen LogP contribution in [0.5, 0.6) is 0 Å². The number of carbonyl (C=O) groups is 1. The van der Waals surface area contributed by atoms with E-state index in [-0.39, 0.29) is 12.3 Å². The van der Waals surface area contributed by atoms with E-state index in [2.05, 4.69) is 21.2 Å². The highest BCUT2D eigenvalue weighted by Gasteiger charge is 2.14. The number of hydrogen-bond donors (Lipinski definition) is 1. The maximum atomic E-state index is 12.8. The predicted molar refractivity (Wildman–Crippen MR) is 126 cm³/mol. The first-order valence-corrected chi connectivity index (χ1v) is 10.5. The van der Waals surface area contributed by atoms with Crippen LogP contribution < -0.4 is 16.6 Å². The van der Waals surface area contributed by atoms with Crippen molar-refractivity contribution < 1.29 is 4.79 Å². The Labute approximate surface area is 186 Å². The van der Waals surface area contributed by atoms with Crippen LogP contribution in [-0.4, -0.2) is 15.0 Å². The lowest BCUT2D eigenvalue weighted by Crippen LogP contribution is -2.37. The molecule has 0 fully saturated rings. The number of nitrogens with one attached hydrogen (secondary N) is 1. The van der Waals surface area contributed by atoms with Crippen LogP contribution in [-0.2, 0) is 25.3 Å². The maximum absolute atomic E-state index is 12.8. The summed E-state index contributed by atoms with van der Waals surface area (Å²) < 4.78 is 3.48. The van der Waals surface area contributed by atoms with Gasteiger partial charge in [-0.3, -0.25) is 18.7 Å². The van der Waals surface area contributed by atoms with Gasteiger partial charge in [-0.25, -0.2) is 4.79 Å². The third kappa shape index (κ3) is 4.09. The lowest BCUT2D eigenvalue weighted by molar-refractivity contribution is -0.115. The van der Waals surface area contributed by atoms with Gasteiger partial charge in [0.25, 0.3) is 5.56 Å². The first-order valence-electron chi connectivity index (χ1n) is 9.68. The Hall–Kier alpha value is -3.45. The van der Waals surface area contributed by atoms with Gasteiger partial charge in [-0.05, 0) is 47.0 Å². The number of aromatic nitrogens is 2. The minimum atomic E-state index is -0.404. The number of halogens is 1. The maximum Gasteiger partial charge on any atom is 0.330 e. The van der Waals surface area contributed by atoms with Crippen LogP contribution in [0, 0.1) is 0 Å². The van der Waals surface area contributed by atoms with Crippen molar-refractivity contribution in [2.45, 2.75) is 6.42 Å². The highest BCUT2D eigenvalue weighted by Crippen LogP contribution is 2.24. The highest BCUT2D eigenvalue weighted by molar-refractivity contribution is 9.10. The van der Waals surface area contributed by atoms with E-state index >= 15 is 0 Å². The van der Waals surface area contributed by atoms with Crippen molar-refractivity contribution in [3.05, 3.63) is 97.6 Å². The monoisotopic (exact) mass is 477 g/mol. The zero-order chi connectivity index (χ0) is 22.1. The molecule has 0 spiro atoms. The number of nitrogens with zero attached hydrogens (tertiary/aromatic N) is 2. The summed E-state index contributed by atoms with van der Waals surface area (Å²) in [5, 5.41) is 3.29. The minimum absolute atomic E-state index is 0.0211. The second kappa shape index (κ2) is 8.35. The van der Waals surface area contributed by atoms with E-state index in [1.165, 1.54) is 11.6 Å². The van der Waals surface area contributed by atoms with Crippen molar-refractivity contribution >= 4 is 38.4 Å². The van der Waals surface area contributed by atoms with Gasteiger partial charge in [0.05, 0.1) is 17.3 Å². The summed E-state index contributed by atoms with van der Waals surface area (Å²) in [6.07, 6.45) is 0.0211. The normalized spacial score (nSPS) is 10.9. The smallest absolute Gasteiger partial charge is 0.326 e. The lowest BCUT2D eigenvalue weighted by atomic mass is 10.0. The lowest BCUT2D eigenvalue weighted by Gasteiger charge is -2.12. The van der Waals surface area contributed by atoms with Crippen molar-refractivity contribution in [2.75, 3.05) is 5.32 Å². The van der Waals surface area contributed by atoms with E-state index < -0.39 is 11.2 Å². The molecule has 0 saturated carbocycles. The van der Waals surface area contributed by atoms with Gasteiger partial charge in [0, 0.05) is 24.3 Å². The van der Waals surface area contributed by atoms with Crippen LogP contribution in [0.2, 0.25) is 0 Å². The summed E-state index contributed by atoms with van der Waals surface area (Å²) in [6.45, 7) is 0. The average molecular weight is 478 g/mol. The zero-order valence-electron chi connectivity index (χ0n) is 17.1. The second-order valence-corrected chi connectivity index (χ2v) is 8.25. The Bertz CT molecular complexity index is 1420. The van der Waals surface area contributed by atoms with Gasteiger partial charge in [0.15, 0.2) is 0 Å². The highest BCUT2D eigenvalue weighted by atomic mass is 79.9. The summed E-state index contributed by atoms with van der Waals surface area (Å²) >= 11 is 3.43. The molecule has 156 valence electrons. The van der Waals surface area contributed by atoms with E-state index in [1.54, 1.807) is 25.2 Å². The summed E-state index contributed by atoms with van der Waals surface area (Å²) in [5.74, 6) is -0.239. The van der Waals surface area contributed by atoms with Crippen LogP contribution in [0.1, 0.15) is 5.56 Å². The first-order chi connectivity index (χ1) is 14.8. The molecular formula is C24H20BrN3O3. The van der Waals surface area contributed by atoms with Crippen molar-refractivity contribution in [1.29, 1.82) is 0 Å². The molecule has 7 heteroatoms. The Morgan fingerprint density at radius 2 is 1.61 bits per heavy atom. The molecule has 0 aliphatic carbocycles. The topological polar surface area (TPSA) is 73.1 Å². The Morgan fingerprint density at radius 1 is 0.903 bits per heavy atom. The van der Waals surface area contributed by atoms with Crippen LogP contribution >= 0.6 is 15.9 Å². The molecule has 0 unspecified atom stereocenters. The molecule has 0 bridgehead atoms. The van der Waals surface area contributed by atoms with E-state index in [0.717, 1.165) is 20.2 Å². The Morgan fingerprint density at radius 3 is 2.35 bits per heavy atom. The molecule has 0 radical (unpaired) electrons. The number of carbonyl (C=O) groups excluding carboxylic acids is 1. The fourth-order valence-corrected chi connectivity index (χ4v) is 3.90. The van der Waals surface area contributed by atoms with Crippen molar-refractivity contribution in [3.8, 4) is 11.1 Å². The van der Waals surface area contributed by atoms with E-state index in [0.29, 0.717) is 22.2 Å². The molecule has 6 nitrogen and oxygen atoms in total. The molecule has 0 atom stereocenters. The molecule has 1 amide bonds. The van der Waals surface area contributed by atoms with E-state index in [4.69, 9.17) is 0 Å². The third-order valence-corrected chi connectivity index (χ3v) is 5.79. The molecule has 0 saturated heterocycles. The summed E-state index contributed by atoms with van der Waals surface area (Å²) in [5.41, 5.74) is 2.98. The molecule has 1 N–H and O–H groups in total. The fraction of sp³-hybridized carbons (Fsp3) is 0.125.